The van der Waals surface area contributed by atoms with Crippen LogP contribution in [0.25, 0.3) is 0 Å². The third-order valence-corrected chi connectivity index (χ3v) is 2.70. The second-order valence-corrected chi connectivity index (χ2v) is 5.82. The van der Waals surface area contributed by atoms with E-state index in [-0.39, 0.29) is 17.9 Å². The highest BCUT2D eigenvalue weighted by molar-refractivity contribution is 5.96. The van der Waals surface area contributed by atoms with Gasteiger partial charge in [-0.2, -0.15) is 0 Å². The Morgan fingerprint density at radius 3 is 2.58 bits per heavy atom. The number of hydrogen-bond acceptors (Lipinski definition) is 3. The fourth-order valence-electron chi connectivity index (χ4n) is 1.63. The monoisotopic (exact) mass is 266 g/mol. The molecule has 0 fully saturated rings. The lowest BCUT2D eigenvalue weighted by atomic mass is 10.1. The van der Waals surface area contributed by atoms with Crippen molar-refractivity contribution in [1.82, 2.24) is 0 Å². The molecule has 1 atom stereocenters. The van der Waals surface area contributed by atoms with Gasteiger partial charge in [0, 0.05) is 0 Å². The number of hydrogen-bond donors (Lipinski definition) is 2. The van der Waals surface area contributed by atoms with E-state index < -0.39 is 6.10 Å². The van der Waals surface area contributed by atoms with Crippen LogP contribution in [-0.4, -0.2) is 35.7 Å². The van der Waals surface area contributed by atoms with Gasteiger partial charge in [0.2, 0.25) is 0 Å². The summed E-state index contributed by atoms with van der Waals surface area (Å²) >= 11 is 0. The highest BCUT2D eigenvalue weighted by atomic mass is 16.5. The third kappa shape index (κ3) is 5.85. The lowest BCUT2D eigenvalue weighted by molar-refractivity contribution is -0.722. The lowest BCUT2D eigenvalue weighted by Gasteiger charge is -2.20. The fourth-order valence-corrected chi connectivity index (χ4v) is 1.63. The zero-order valence-corrected chi connectivity index (χ0v) is 12.1. The number of Topliss-reactive ketones (excluding diaryl/α,β-unsaturated/α-hetero) is 1. The molecule has 0 heterocycles. The maximum absolute atomic E-state index is 11.4. The van der Waals surface area contributed by atoms with Crippen LogP contribution in [0.4, 0.5) is 0 Å². The Kier molecular flexibility index (Phi) is 5.51. The first-order valence-corrected chi connectivity index (χ1v) is 6.55. The summed E-state index contributed by atoms with van der Waals surface area (Å²) in [6.07, 6.45) is -0.556. The standard InChI is InChI=1S/C15H23NO3/c1-11(17)13-7-5-6-8-14(13)19-10-12(18)9-16-15(2,3)4/h5-8,12,16,18H,9-10H2,1-4H3/p+1/t12-/m1/s1. The smallest absolute Gasteiger partial charge is 0.163 e. The number of rotatable bonds is 6. The van der Waals surface area contributed by atoms with Crippen LogP contribution in [0.5, 0.6) is 5.75 Å². The molecule has 1 aromatic rings. The average molecular weight is 266 g/mol. The van der Waals surface area contributed by atoms with Crippen molar-refractivity contribution in [3.05, 3.63) is 29.8 Å². The zero-order chi connectivity index (χ0) is 14.5. The normalized spacial score (nSPS) is 13.1. The molecule has 4 nitrogen and oxygen atoms in total. The highest BCUT2D eigenvalue weighted by Crippen LogP contribution is 2.18. The van der Waals surface area contributed by atoms with Crippen LogP contribution in [-0.2, 0) is 0 Å². The first-order chi connectivity index (χ1) is 8.79. The Balaban J connectivity index is 2.51. The molecular weight excluding hydrogens is 242 g/mol. The summed E-state index contributed by atoms with van der Waals surface area (Å²) in [7, 11) is 0. The molecule has 0 saturated heterocycles. The summed E-state index contributed by atoms with van der Waals surface area (Å²) < 4.78 is 5.53. The number of para-hydroxylation sites is 1. The number of quaternary nitrogens is 1. The molecule has 0 aliphatic carbocycles. The van der Waals surface area contributed by atoms with Crippen molar-refractivity contribution in [3.8, 4) is 5.75 Å². The molecule has 0 spiro atoms. The summed E-state index contributed by atoms with van der Waals surface area (Å²) in [4.78, 5) is 11.4. The maximum atomic E-state index is 11.4. The van der Waals surface area contributed by atoms with Gasteiger partial charge in [-0.15, -0.1) is 0 Å². The molecule has 0 aliphatic heterocycles. The summed E-state index contributed by atoms with van der Waals surface area (Å²) in [6, 6.07) is 7.09. The number of ketones is 1. The van der Waals surface area contributed by atoms with Crippen molar-refractivity contribution in [2.24, 2.45) is 0 Å². The minimum absolute atomic E-state index is 0.0358. The third-order valence-electron chi connectivity index (χ3n) is 2.70. The van der Waals surface area contributed by atoms with Crippen molar-refractivity contribution in [2.75, 3.05) is 13.2 Å². The van der Waals surface area contributed by atoms with Crippen LogP contribution in [0.2, 0.25) is 0 Å². The van der Waals surface area contributed by atoms with Crippen LogP contribution in [0, 0.1) is 0 Å². The zero-order valence-electron chi connectivity index (χ0n) is 12.1. The van der Waals surface area contributed by atoms with Crippen LogP contribution >= 0.6 is 0 Å². The number of ether oxygens (including phenoxy) is 1. The maximum Gasteiger partial charge on any atom is 0.163 e. The van der Waals surface area contributed by atoms with Gasteiger partial charge in [-0.1, -0.05) is 12.1 Å². The molecule has 3 N–H and O–H groups in total. The number of aliphatic hydroxyl groups is 1. The molecule has 106 valence electrons. The average Bonchev–Trinajstić information content (AvgIpc) is 2.33. The Morgan fingerprint density at radius 2 is 2.00 bits per heavy atom. The number of nitrogens with two attached hydrogens (primary N) is 1. The molecule has 0 saturated carbocycles. The summed E-state index contributed by atoms with van der Waals surface area (Å²) in [5, 5.41) is 11.9. The summed E-state index contributed by atoms with van der Waals surface area (Å²) in [6.45, 7) is 8.54. The summed E-state index contributed by atoms with van der Waals surface area (Å²) in [5.74, 6) is 0.496. The second-order valence-electron chi connectivity index (χ2n) is 5.82. The van der Waals surface area contributed by atoms with Crippen LogP contribution < -0.4 is 10.1 Å². The molecule has 0 amide bonds. The van der Waals surface area contributed by atoms with Gasteiger partial charge >= 0.3 is 0 Å². The Hall–Kier alpha value is -1.39. The predicted molar refractivity (Wildman–Crippen MR) is 74.5 cm³/mol. The molecule has 0 aliphatic rings. The van der Waals surface area contributed by atoms with Crippen molar-refractivity contribution >= 4 is 5.78 Å². The molecule has 4 heteroatoms. The highest BCUT2D eigenvalue weighted by Gasteiger charge is 2.17. The Labute approximate surface area is 114 Å². The molecule has 0 unspecified atom stereocenters. The Morgan fingerprint density at radius 1 is 1.37 bits per heavy atom. The number of carbonyl (C=O) groups excluding carboxylic acids is 1. The fraction of sp³-hybridized carbons (Fsp3) is 0.533. The van der Waals surface area contributed by atoms with Crippen molar-refractivity contribution in [3.63, 3.8) is 0 Å². The van der Waals surface area contributed by atoms with Gasteiger partial charge in [0.05, 0.1) is 11.1 Å². The topological polar surface area (TPSA) is 63.1 Å². The minimum Gasteiger partial charge on any atom is -0.490 e. The van der Waals surface area contributed by atoms with Gasteiger partial charge in [0.1, 0.15) is 25.0 Å². The lowest BCUT2D eigenvalue weighted by Crippen LogP contribution is -2.96. The number of carbonyl (C=O) groups is 1. The largest absolute Gasteiger partial charge is 0.490 e. The second kappa shape index (κ2) is 6.68. The first kappa shape index (κ1) is 15.7. The minimum atomic E-state index is -0.556. The van der Waals surface area contributed by atoms with Gasteiger partial charge < -0.3 is 15.2 Å². The summed E-state index contributed by atoms with van der Waals surface area (Å²) in [5.41, 5.74) is 0.632. The number of aliphatic hydroxyl groups excluding tert-OH is 1. The predicted octanol–water partition coefficient (Wildman–Crippen LogP) is 0.991. The van der Waals surface area contributed by atoms with Crippen LogP contribution in [0.1, 0.15) is 38.1 Å². The van der Waals surface area contributed by atoms with E-state index in [9.17, 15) is 9.90 Å². The van der Waals surface area contributed by atoms with E-state index >= 15 is 0 Å². The van der Waals surface area contributed by atoms with Gasteiger partial charge in [-0.25, -0.2) is 0 Å². The van der Waals surface area contributed by atoms with Gasteiger partial charge in [-0.05, 0) is 39.8 Å². The molecular formula is C15H24NO3+. The van der Waals surface area contributed by atoms with E-state index in [1.54, 1.807) is 18.2 Å². The molecule has 0 bridgehead atoms. The quantitative estimate of drug-likeness (QED) is 0.755. The first-order valence-electron chi connectivity index (χ1n) is 6.55. The molecule has 1 aromatic carbocycles. The van der Waals surface area contributed by atoms with Crippen LogP contribution in [0.15, 0.2) is 24.3 Å². The molecule has 19 heavy (non-hydrogen) atoms. The molecule has 0 aromatic heterocycles. The van der Waals surface area contributed by atoms with Crippen molar-refractivity contribution < 1.29 is 20.0 Å². The van der Waals surface area contributed by atoms with Crippen molar-refractivity contribution in [1.29, 1.82) is 0 Å². The molecule has 0 radical (unpaired) electrons. The van der Waals surface area contributed by atoms with Gasteiger partial charge in [0.25, 0.3) is 0 Å². The van der Waals surface area contributed by atoms with Crippen molar-refractivity contribution in [2.45, 2.75) is 39.3 Å². The molecule has 1 rings (SSSR count). The van der Waals surface area contributed by atoms with Gasteiger partial charge in [-0.3, -0.25) is 4.79 Å². The van der Waals surface area contributed by atoms with E-state index in [1.807, 2.05) is 6.07 Å². The van der Waals surface area contributed by atoms with Gasteiger partial charge in [0.15, 0.2) is 5.78 Å². The number of benzene rings is 1. The van der Waals surface area contributed by atoms with E-state index in [0.717, 1.165) is 0 Å². The van der Waals surface area contributed by atoms with E-state index in [1.165, 1.54) is 6.92 Å². The van der Waals surface area contributed by atoms with Crippen LogP contribution in [0.3, 0.4) is 0 Å². The Bertz CT molecular complexity index is 424. The van der Waals surface area contributed by atoms with E-state index in [0.29, 0.717) is 17.9 Å². The van der Waals surface area contributed by atoms with E-state index in [4.69, 9.17) is 4.74 Å². The SMILES string of the molecule is CC(=O)c1ccccc1OC[C@H](O)C[NH2+]C(C)(C)C. The van der Waals surface area contributed by atoms with E-state index in [2.05, 4.69) is 26.1 Å².